The summed E-state index contributed by atoms with van der Waals surface area (Å²) < 4.78 is 26.9. The number of anilines is 1. The van der Waals surface area contributed by atoms with Gasteiger partial charge in [0, 0.05) is 12.6 Å². The number of aryl methyl sites for hydroxylation is 2. The number of amides is 2. The van der Waals surface area contributed by atoms with E-state index in [1.807, 2.05) is 39.0 Å². The molecule has 3 rings (SSSR count). The van der Waals surface area contributed by atoms with Crippen molar-refractivity contribution in [2.24, 2.45) is 0 Å². The molecule has 1 aliphatic carbocycles. The molecule has 2 amide bonds. The summed E-state index contributed by atoms with van der Waals surface area (Å²) in [4.78, 5) is 28.7. The Hall–Kier alpha value is -2.29. The van der Waals surface area contributed by atoms with Crippen molar-refractivity contribution in [3.8, 4) is 0 Å². The second-order valence-corrected chi connectivity index (χ2v) is 12.4. The Kier molecular flexibility index (Phi) is 9.89. The van der Waals surface area contributed by atoms with Crippen molar-refractivity contribution in [1.82, 2.24) is 10.2 Å². The number of rotatable bonds is 10. The van der Waals surface area contributed by atoms with Crippen LogP contribution in [0.3, 0.4) is 0 Å². The van der Waals surface area contributed by atoms with E-state index in [1.165, 1.54) is 4.90 Å². The van der Waals surface area contributed by atoms with E-state index in [4.69, 9.17) is 23.2 Å². The Balaban J connectivity index is 1.98. The molecule has 1 N–H and O–H groups in total. The summed E-state index contributed by atoms with van der Waals surface area (Å²) in [6.07, 6.45) is 5.40. The highest BCUT2D eigenvalue weighted by Gasteiger charge is 2.33. The van der Waals surface area contributed by atoms with E-state index in [1.54, 1.807) is 18.2 Å². The van der Waals surface area contributed by atoms with Crippen LogP contribution in [0.1, 0.15) is 55.7 Å². The highest BCUT2D eigenvalue weighted by atomic mass is 35.5. The molecule has 0 saturated heterocycles. The molecule has 7 nitrogen and oxygen atoms in total. The number of benzene rings is 2. The van der Waals surface area contributed by atoms with E-state index in [2.05, 4.69) is 5.32 Å². The quantitative estimate of drug-likeness (QED) is 0.425. The summed E-state index contributed by atoms with van der Waals surface area (Å²) >= 11 is 12.3. The fourth-order valence-electron chi connectivity index (χ4n) is 4.90. The Morgan fingerprint density at radius 1 is 1.05 bits per heavy atom. The monoisotopic (exact) mass is 567 g/mol. The van der Waals surface area contributed by atoms with E-state index in [0.717, 1.165) is 47.4 Å². The summed E-state index contributed by atoms with van der Waals surface area (Å²) in [6, 6.07) is 9.81. The molecule has 0 bridgehead atoms. The SMILES string of the molecule is CC[C@H](C(=O)NC1CCCC1)N(Cc1ccc(Cl)c(Cl)c1)C(=O)CN(c1c(C)cccc1C)S(C)(=O)=O. The van der Waals surface area contributed by atoms with E-state index in [-0.39, 0.29) is 18.5 Å². The minimum Gasteiger partial charge on any atom is -0.352 e. The molecule has 0 aromatic heterocycles. The minimum absolute atomic E-state index is 0.0800. The first-order chi connectivity index (χ1) is 17.4. The zero-order valence-corrected chi connectivity index (χ0v) is 24.1. The molecule has 1 fully saturated rings. The lowest BCUT2D eigenvalue weighted by atomic mass is 10.1. The third-order valence-corrected chi connectivity index (χ3v) is 8.64. The number of carbonyl (C=O) groups is 2. The average Bonchev–Trinajstić information content (AvgIpc) is 3.32. The smallest absolute Gasteiger partial charge is 0.244 e. The van der Waals surface area contributed by atoms with Gasteiger partial charge in [0.15, 0.2) is 0 Å². The maximum absolute atomic E-state index is 13.9. The second-order valence-electron chi connectivity index (χ2n) is 9.69. The fraction of sp³-hybridized carbons (Fsp3) is 0.481. The molecule has 0 aliphatic heterocycles. The first-order valence-electron chi connectivity index (χ1n) is 12.5. The number of nitrogens with zero attached hydrogens (tertiary/aromatic N) is 2. The van der Waals surface area contributed by atoms with Gasteiger partial charge in [-0.1, -0.05) is 67.2 Å². The molecule has 0 unspecified atom stereocenters. The molecule has 10 heteroatoms. The van der Waals surface area contributed by atoms with Crippen molar-refractivity contribution in [3.05, 3.63) is 63.1 Å². The summed E-state index contributed by atoms with van der Waals surface area (Å²) in [7, 11) is -3.80. The highest BCUT2D eigenvalue weighted by molar-refractivity contribution is 7.92. The molecule has 0 heterocycles. The largest absolute Gasteiger partial charge is 0.352 e. The topological polar surface area (TPSA) is 86.8 Å². The zero-order chi connectivity index (χ0) is 27.3. The van der Waals surface area contributed by atoms with Crippen molar-refractivity contribution < 1.29 is 18.0 Å². The zero-order valence-electron chi connectivity index (χ0n) is 21.8. The lowest BCUT2D eigenvalue weighted by molar-refractivity contribution is -0.140. The van der Waals surface area contributed by atoms with Crippen LogP contribution in [0, 0.1) is 13.8 Å². The van der Waals surface area contributed by atoms with Crippen LogP contribution in [-0.4, -0.2) is 50.0 Å². The molecule has 1 aliphatic rings. The standard InChI is InChI=1S/C27H35Cl2N3O4S/c1-5-24(27(34)30-21-11-6-7-12-21)31(16-20-13-14-22(28)23(29)15-20)25(33)17-32(37(4,35)36)26-18(2)9-8-10-19(26)3/h8-10,13-15,21,24H,5-7,11-12,16-17H2,1-4H3,(H,30,34)/t24-/m1/s1. The van der Waals surface area contributed by atoms with Gasteiger partial charge in [0.1, 0.15) is 12.6 Å². The summed E-state index contributed by atoms with van der Waals surface area (Å²) in [5.74, 6) is -0.714. The van der Waals surface area contributed by atoms with Crippen LogP contribution in [0.4, 0.5) is 5.69 Å². The van der Waals surface area contributed by atoms with E-state index in [9.17, 15) is 18.0 Å². The third-order valence-electron chi connectivity index (χ3n) is 6.79. The fourth-order valence-corrected chi connectivity index (χ4v) is 6.18. The molecule has 2 aromatic carbocycles. The Labute approximate surface area is 230 Å². The first kappa shape index (κ1) is 29.3. The predicted molar refractivity (Wildman–Crippen MR) is 150 cm³/mol. The highest BCUT2D eigenvalue weighted by Crippen LogP contribution is 2.28. The lowest BCUT2D eigenvalue weighted by Crippen LogP contribution is -2.53. The Bertz CT molecular complexity index is 1230. The first-order valence-corrected chi connectivity index (χ1v) is 15.1. The van der Waals surface area contributed by atoms with Gasteiger partial charge in [-0.15, -0.1) is 0 Å². The van der Waals surface area contributed by atoms with Crippen LogP contribution in [0.2, 0.25) is 10.0 Å². The van der Waals surface area contributed by atoms with Crippen LogP contribution in [0.15, 0.2) is 36.4 Å². The van der Waals surface area contributed by atoms with Crippen molar-refractivity contribution in [2.45, 2.75) is 71.5 Å². The van der Waals surface area contributed by atoms with Gasteiger partial charge < -0.3 is 10.2 Å². The number of halogens is 2. The van der Waals surface area contributed by atoms with Gasteiger partial charge in [0.05, 0.1) is 22.0 Å². The molecular formula is C27H35Cl2N3O4S. The van der Waals surface area contributed by atoms with Crippen LogP contribution < -0.4 is 9.62 Å². The molecule has 1 atom stereocenters. The maximum Gasteiger partial charge on any atom is 0.244 e. The van der Waals surface area contributed by atoms with Gasteiger partial charge in [-0.05, 0) is 61.9 Å². The van der Waals surface area contributed by atoms with Crippen LogP contribution in [0.5, 0.6) is 0 Å². The van der Waals surface area contributed by atoms with Gasteiger partial charge in [0.25, 0.3) is 0 Å². The number of sulfonamides is 1. The van der Waals surface area contributed by atoms with Gasteiger partial charge in [-0.25, -0.2) is 8.42 Å². The van der Waals surface area contributed by atoms with Crippen molar-refractivity contribution in [3.63, 3.8) is 0 Å². The Morgan fingerprint density at radius 3 is 2.22 bits per heavy atom. The lowest BCUT2D eigenvalue weighted by Gasteiger charge is -2.34. The third kappa shape index (κ3) is 7.39. The van der Waals surface area contributed by atoms with Crippen LogP contribution in [0.25, 0.3) is 0 Å². The molecule has 202 valence electrons. The molecule has 1 saturated carbocycles. The molecule has 0 radical (unpaired) electrons. The second kappa shape index (κ2) is 12.5. The predicted octanol–water partition coefficient (Wildman–Crippen LogP) is 5.24. The van der Waals surface area contributed by atoms with E-state index < -0.39 is 28.5 Å². The van der Waals surface area contributed by atoms with Crippen LogP contribution >= 0.6 is 23.2 Å². The van der Waals surface area contributed by atoms with Crippen molar-refractivity contribution in [2.75, 3.05) is 17.1 Å². The molecular weight excluding hydrogens is 533 g/mol. The number of carbonyl (C=O) groups excluding carboxylic acids is 2. The normalized spacial score (nSPS) is 14.9. The van der Waals surface area contributed by atoms with Crippen LogP contribution in [-0.2, 0) is 26.2 Å². The molecule has 0 spiro atoms. The number of hydrogen-bond acceptors (Lipinski definition) is 4. The molecule has 37 heavy (non-hydrogen) atoms. The minimum atomic E-state index is -3.80. The summed E-state index contributed by atoms with van der Waals surface area (Å²) in [5.41, 5.74) is 2.63. The molecule has 2 aromatic rings. The van der Waals surface area contributed by atoms with E-state index in [0.29, 0.717) is 27.7 Å². The summed E-state index contributed by atoms with van der Waals surface area (Å²) in [5, 5.41) is 3.81. The number of hydrogen-bond donors (Lipinski definition) is 1. The van der Waals surface area contributed by atoms with Gasteiger partial charge in [-0.2, -0.15) is 0 Å². The van der Waals surface area contributed by atoms with Crippen molar-refractivity contribution >= 4 is 50.7 Å². The Morgan fingerprint density at radius 2 is 1.68 bits per heavy atom. The van der Waals surface area contributed by atoms with Gasteiger partial charge in [0.2, 0.25) is 21.8 Å². The van der Waals surface area contributed by atoms with Gasteiger partial charge in [-0.3, -0.25) is 13.9 Å². The maximum atomic E-state index is 13.9. The van der Waals surface area contributed by atoms with E-state index >= 15 is 0 Å². The summed E-state index contributed by atoms with van der Waals surface area (Å²) in [6.45, 7) is 5.11. The number of nitrogens with one attached hydrogen (secondary N) is 1. The van der Waals surface area contributed by atoms with Gasteiger partial charge >= 0.3 is 0 Å². The average molecular weight is 569 g/mol. The van der Waals surface area contributed by atoms with Crippen molar-refractivity contribution in [1.29, 1.82) is 0 Å². The number of para-hydroxylation sites is 1.